The van der Waals surface area contributed by atoms with E-state index in [1.165, 1.54) is 23.4 Å². The Hall–Kier alpha value is -2.28. The highest BCUT2D eigenvalue weighted by atomic mass is 79.9. The van der Waals surface area contributed by atoms with Crippen molar-refractivity contribution >= 4 is 33.2 Å². The van der Waals surface area contributed by atoms with E-state index < -0.39 is 4.92 Å². The molecule has 2 fully saturated rings. The molecular formula is C18H14BrN3O3. The number of nitrogens with zero attached hydrogens (tertiary/aromatic N) is 3. The molecule has 1 aliphatic carbocycles. The van der Waals surface area contributed by atoms with Crippen LogP contribution in [0.3, 0.4) is 0 Å². The predicted molar refractivity (Wildman–Crippen MR) is 94.8 cm³/mol. The van der Waals surface area contributed by atoms with Gasteiger partial charge in [-0.3, -0.25) is 14.9 Å². The lowest BCUT2D eigenvalue weighted by atomic mass is 9.87. The topological polar surface area (TPSA) is 76.3 Å². The number of Topliss-reactive ketones (excluding diaryl/α,β-unsaturated/α-hetero) is 1. The van der Waals surface area contributed by atoms with Gasteiger partial charge < -0.3 is 4.90 Å². The van der Waals surface area contributed by atoms with Crippen molar-refractivity contribution in [1.29, 1.82) is 0 Å². The number of ketones is 1. The Morgan fingerprint density at radius 3 is 2.76 bits per heavy atom. The molecule has 1 aromatic carbocycles. The van der Waals surface area contributed by atoms with E-state index in [1.807, 2.05) is 0 Å². The Balaban J connectivity index is 1.60. The van der Waals surface area contributed by atoms with Gasteiger partial charge in [-0.25, -0.2) is 4.98 Å². The molecule has 126 valence electrons. The van der Waals surface area contributed by atoms with Crippen LogP contribution >= 0.6 is 15.9 Å². The largest absolute Gasteiger partial charge is 0.342 e. The minimum Gasteiger partial charge on any atom is -0.342 e. The Morgan fingerprint density at radius 1 is 1.20 bits per heavy atom. The summed E-state index contributed by atoms with van der Waals surface area (Å²) in [6, 6.07) is 9.53. The lowest BCUT2D eigenvalue weighted by Crippen LogP contribution is -2.48. The molecule has 1 aromatic heterocycles. The van der Waals surface area contributed by atoms with Crippen molar-refractivity contribution < 1.29 is 9.72 Å². The quantitative estimate of drug-likeness (QED) is 0.569. The third kappa shape index (κ3) is 2.02. The lowest BCUT2D eigenvalue weighted by molar-refractivity contribution is -0.385. The number of pyridine rings is 1. The molecule has 4 atom stereocenters. The van der Waals surface area contributed by atoms with Crippen LogP contribution in [0.1, 0.15) is 35.8 Å². The molecule has 0 amide bonds. The van der Waals surface area contributed by atoms with Crippen molar-refractivity contribution in [2.75, 3.05) is 4.90 Å². The van der Waals surface area contributed by atoms with E-state index in [4.69, 9.17) is 0 Å². The Labute approximate surface area is 152 Å². The van der Waals surface area contributed by atoms with Gasteiger partial charge >= 0.3 is 0 Å². The molecule has 2 saturated heterocycles. The van der Waals surface area contributed by atoms with Gasteiger partial charge in [0, 0.05) is 34.8 Å². The molecule has 2 bridgehead atoms. The molecule has 2 aliphatic heterocycles. The molecule has 5 rings (SSSR count). The van der Waals surface area contributed by atoms with Crippen LogP contribution in [0.5, 0.6) is 0 Å². The fourth-order valence-corrected chi connectivity index (χ4v) is 5.27. The summed E-state index contributed by atoms with van der Waals surface area (Å²) >= 11 is 3.54. The summed E-state index contributed by atoms with van der Waals surface area (Å²) in [5.74, 6) is 1.39. The number of anilines is 1. The van der Waals surface area contributed by atoms with Gasteiger partial charge in [-0.1, -0.05) is 22.0 Å². The zero-order valence-corrected chi connectivity index (χ0v) is 14.7. The van der Waals surface area contributed by atoms with Gasteiger partial charge in [0.15, 0.2) is 5.78 Å². The third-order valence-corrected chi connectivity index (χ3v) is 6.30. The first kappa shape index (κ1) is 15.0. The number of halogens is 1. The summed E-state index contributed by atoms with van der Waals surface area (Å²) in [6.45, 7) is 0. The fourth-order valence-electron chi connectivity index (χ4n) is 4.89. The van der Waals surface area contributed by atoms with Crippen LogP contribution in [-0.2, 0) is 4.79 Å². The minimum absolute atomic E-state index is 0.0328. The van der Waals surface area contributed by atoms with Crippen LogP contribution in [0.4, 0.5) is 11.5 Å². The van der Waals surface area contributed by atoms with Crippen molar-refractivity contribution in [3.05, 3.63) is 62.2 Å². The van der Waals surface area contributed by atoms with Gasteiger partial charge in [-0.05, 0) is 35.7 Å². The standard InChI is InChI=1S/C18H14BrN3O3/c19-9-1-3-11-12(5-9)14-7-16(23)15-6-13(11)18(14)21(15)17-4-2-10(8-20-17)22(24)25/h1-5,8,13-15,18H,6-7H2. The highest BCUT2D eigenvalue weighted by Gasteiger charge is 2.57. The van der Waals surface area contributed by atoms with Crippen LogP contribution in [0.25, 0.3) is 0 Å². The first-order chi connectivity index (χ1) is 12.0. The molecule has 3 aliphatic rings. The van der Waals surface area contributed by atoms with Crippen LogP contribution in [0.15, 0.2) is 41.0 Å². The van der Waals surface area contributed by atoms with Gasteiger partial charge in [0.1, 0.15) is 12.0 Å². The van der Waals surface area contributed by atoms with Crippen molar-refractivity contribution in [2.45, 2.75) is 36.8 Å². The second-order valence-electron chi connectivity index (χ2n) is 6.94. The molecule has 7 heteroatoms. The van der Waals surface area contributed by atoms with Crippen molar-refractivity contribution in [3.63, 3.8) is 0 Å². The molecule has 2 aromatic rings. The maximum Gasteiger partial charge on any atom is 0.287 e. The minimum atomic E-state index is -0.455. The van der Waals surface area contributed by atoms with Crippen molar-refractivity contribution in [1.82, 2.24) is 4.98 Å². The summed E-state index contributed by atoms with van der Waals surface area (Å²) < 4.78 is 1.03. The number of hydrogen-bond acceptors (Lipinski definition) is 5. The lowest BCUT2D eigenvalue weighted by Gasteiger charge is -2.38. The average molecular weight is 400 g/mol. The van der Waals surface area contributed by atoms with Crippen LogP contribution in [0, 0.1) is 10.1 Å². The average Bonchev–Trinajstić information content (AvgIpc) is 3.06. The van der Waals surface area contributed by atoms with E-state index in [0.29, 0.717) is 18.2 Å². The van der Waals surface area contributed by atoms with Crippen LogP contribution in [-0.4, -0.2) is 27.8 Å². The zero-order chi connectivity index (χ0) is 17.3. The number of carbonyl (C=O) groups excluding carboxylic acids is 1. The number of rotatable bonds is 2. The zero-order valence-electron chi connectivity index (χ0n) is 13.1. The van der Waals surface area contributed by atoms with E-state index in [9.17, 15) is 14.9 Å². The highest BCUT2D eigenvalue weighted by Crippen LogP contribution is 2.57. The molecule has 0 saturated carbocycles. The number of hydrogen-bond donors (Lipinski definition) is 0. The molecule has 3 heterocycles. The maximum atomic E-state index is 12.7. The molecule has 0 spiro atoms. The number of piperidine rings is 1. The van der Waals surface area contributed by atoms with Crippen LogP contribution in [0.2, 0.25) is 0 Å². The summed E-state index contributed by atoms with van der Waals surface area (Å²) in [6.07, 6.45) is 2.64. The van der Waals surface area contributed by atoms with E-state index in [1.54, 1.807) is 6.07 Å². The Bertz CT molecular complexity index is 914. The first-order valence-corrected chi connectivity index (χ1v) is 9.05. The van der Waals surface area contributed by atoms with E-state index >= 15 is 0 Å². The molecule has 0 radical (unpaired) electrons. The van der Waals surface area contributed by atoms with Crippen molar-refractivity contribution in [2.24, 2.45) is 0 Å². The molecule has 25 heavy (non-hydrogen) atoms. The number of carbonyl (C=O) groups is 1. The highest BCUT2D eigenvalue weighted by molar-refractivity contribution is 9.10. The third-order valence-electron chi connectivity index (χ3n) is 5.81. The Kier molecular flexibility index (Phi) is 3.07. The SMILES string of the molecule is O=C1CC2c3cc(Br)ccc3C3CC1N(c1ccc([N+](=O)[O-])cn1)C23. The van der Waals surface area contributed by atoms with Crippen LogP contribution < -0.4 is 4.90 Å². The number of benzene rings is 1. The monoisotopic (exact) mass is 399 g/mol. The normalized spacial score (nSPS) is 29.0. The Morgan fingerprint density at radius 2 is 2.04 bits per heavy atom. The number of nitro groups is 1. The molecular weight excluding hydrogens is 386 g/mol. The smallest absolute Gasteiger partial charge is 0.287 e. The molecule has 4 unspecified atom stereocenters. The number of fused-ring (bicyclic) bond motifs is 4. The summed E-state index contributed by atoms with van der Waals surface area (Å²) in [7, 11) is 0. The van der Waals surface area contributed by atoms with E-state index in [-0.39, 0.29) is 29.5 Å². The second kappa shape index (κ2) is 5.11. The van der Waals surface area contributed by atoms with E-state index in [2.05, 4.69) is 44.0 Å². The van der Waals surface area contributed by atoms with E-state index in [0.717, 1.165) is 10.9 Å². The summed E-state index contributed by atoms with van der Waals surface area (Å²) in [5, 5.41) is 10.9. The maximum absolute atomic E-state index is 12.7. The summed E-state index contributed by atoms with van der Waals surface area (Å²) in [4.78, 5) is 29.5. The van der Waals surface area contributed by atoms with Gasteiger partial charge in [-0.15, -0.1) is 0 Å². The predicted octanol–water partition coefficient (Wildman–Crippen LogP) is 3.55. The van der Waals surface area contributed by atoms with Gasteiger partial charge in [0.05, 0.1) is 11.0 Å². The van der Waals surface area contributed by atoms with Crippen molar-refractivity contribution in [3.8, 4) is 0 Å². The first-order valence-electron chi connectivity index (χ1n) is 8.25. The van der Waals surface area contributed by atoms with Gasteiger partial charge in [0.2, 0.25) is 0 Å². The fraction of sp³-hybridized carbons (Fsp3) is 0.333. The summed E-state index contributed by atoms with van der Waals surface area (Å²) in [5.41, 5.74) is 2.55. The number of aromatic nitrogens is 1. The van der Waals surface area contributed by atoms with Gasteiger partial charge in [-0.2, -0.15) is 0 Å². The molecule has 6 nitrogen and oxygen atoms in total. The van der Waals surface area contributed by atoms with Gasteiger partial charge in [0.25, 0.3) is 5.69 Å². The molecule has 0 N–H and O–H groups in total. The second-order valence-corrected chi connectivity index (χ2v) is 7.85.